The third kappa shape index (κ3) is 1.71. The molecule has 0 radical (unpaired) electrons. The van der Waals surface area contributed by atoms with Gasteiger partial charge in [-0.25, -0.2) is 0 Å². The molecule has 0 saturated heterocycles. The molecule has 76 valence electrons. The van der Waals surface area contributed by atoms with Crippen molar-refractivity contribution in [1.29, 1.82) is 0 Å². The first-order chi connectivity index (χ1) is 6.78. The Morgan fingerprint density at radius 1 is 1.29 bits per heavy atom. The lowest BCUT2D eigenvalue weighted by Gasteiger charge is -2.12. The molecule has 0 bridgehead atoms. The van der Waals surface area contributed by atoms with Crippen LogP contribution in [-0.2, 0) is 6.42 Å². The van der Waals surface area contributed by atoms with E-state index in [9.17, 15) is 4.79 Å². The Bertz CT molecular complexity index is 332. The fourth-order valence-electron chi connectivity index (χ4n) is 1.49. The van der Waals surface area contributed by atoms with Gasteiger partial charge in [-0.15, -0.1) is 0 Å². The van der Waals surface area contributed by atoms with Crippen LogP contribution in [0.5, 0.6) is 11.5 Å². The molecule has 1 aromatic rings. The van der Waals surface area contributed by atoms with Crippen molar-refractivity contribution in [2.24, 2.45) is 0 Å². The van der Waals surface area contributed by atoms with Crippen LogP contribution in [0.3, 0.4) is 0 Å². The van der Waals surface area contributed by atoms with Crippen LogP contribution < -0.4 is 9.47 Å². The van der Waals surface area contributed by atoms with E-state index in [0.717, 1.165) is 24.0 Å². The number of aldehydes is 1. The van der Waals surface area contributed by atoms with Gasteiger partial charge in [0, 0.05) is 5.56 Å². The highest BCUT2D eigenvalue weighted by molar-refractivity contribution is 5.81. The molecule has 0 aromatic heterocycles. The summed E-state index contributed by atoms with van der Waals surface area (Å²) in [6, 6.07) is 3.48. The molecule has 1 rings (SSSR count). The SMILES string of the molecule is CCc1c(OC)ccc(C=O)c1OC. The Hall–Kier alpha value is -1.51. The molecule has 1 aromatic carbocycles. The molecular formula is C11H14O3. The van der Waals surface area contributed by atoms with E-state index in [2.05, 4.69) is 0 Å². The highest BCUT2D eigenvalue weighted by atomic mass is 16.5. The fourth-order valence-corrected chi connectivity index (χ4v) is 1.49. The van der Waals surface area contributed by atoms with Gasteiger partial charge in [0.25, 0.3) is 0 Å². The van der Waals surface area contributed by atoms with Gasteiger partial charge in [-0.05, 0) is 18.6 Å². The van der Waals surface area contributed by atoms with E-state index in [0.29, 0.717) is 11.3 Å². The van der Waals surface area contributed by atoms with Crippen LogP contribution in [0.4, 0.5) is 0 Å². The number of carbonyl (C=O) groups excluding carboxylic acids is 1. The van der Waals surface area contributed by atoms with Crippen molar-refractivity contribution < 1.29 is 14.3 Å². The van der Waals surface area contributed by atoms with Crippen molar-refractivity contribution in [1.82, 2.24) is 0 Å². The van der Waals surface area contributed by atoms with Gasteiger partial charge in [-0.2, -0.15) is 0 Å². The predicted molar refractivity (Wildman–Crippen MR) is 54.3 cm³/mol. The summed E-state index contributed by atoms with van der Waals surface area (Å²) in [5.74, 6) is 1.37. The van der Waals surface area contributed by atoms with Gasteiger partial charge in [-0.3, -0.25) is 4.79 Å². The first-order valence-corrected chi connectivity index (χ1v) is 4.47. The molecule has 3 nitrogen and oxygen atoms in total. The lowest BCUT2D eigenvalue weighted by Crippen LogP contribution is -1.99. The minimum Gasteiger partial charge on any atom is -0.496 e. The molecule has 0 aliphatic heterocycles. The Morgan fingerprint density at radius 3 is 2.43 bits per heavy atom. The molecule has 0 aliphatic carbocycles. The average Bonchev–Trinajstić information content (AvgIpc) is 2.26. The Morgan fingerprint density at radius 2 is 2.00 bits per heavy atom. The fraction of sp³-hybridized carbons (Fsp3) is 0.364. The van der Waals surface area contributed by atoms with Crippen LogP contribution in [0.25, 0.3) is 0 Å². The maximum atomic E-state index is 10.7. The van der Waals surface area contributed by atoms with Crippen LogP contribution in [0.2, 0.25) is 0 Å². The summed E-state index contributed by atoms with van der Waals surface area (Å²) < 4.78 is 10.4. The standard InChI is InChI=1S/C11H14O3/c1-4-9-10(13-2)6-5-8(7-12)11(9)14-3/h5-7H,4H2,1-3H3. The number of ether oxygens (including phenoxy) is 2. The highest BCUT2D eigenvalue weighted by Gasteiger charge is 2.12. The predicted octanol–water partition coefficient (Wildman–Crippen LogP) is 2.08. The molecule has 0 N–H and O–H groups in total. The van der Waals surface area contributed by atoms with Gasteiger partial charge < -0.3 is 9.47 Å². The number of hydrogen-bond donors (Lipinski definition) is 0. The lowest BCUT2D eigenvalue weighted by atomic mass is 10.1. The van der Waals surface area contributed by atoms with E-state index in [-0.39, 0.29) is 0 Å². The Labute approximate surface area is 83.6 Å². The number of methoxy groups -OCH3 is 2. The van der Waals surface area contributed by atoms with Gasteiger partial charge in [-0.1, -0.05) is 6.92 Å². The number of carbonyl (C=O) groups is 1. The third-order valence-electron chi connectivity index (χ3n) is 2.15. The molecule has 0 saturated carbocycles. The Balaban J connectivity index is 3.35. The monoisotopic (exact) mass is 194 g/mol. The molecule has 3 heteroatoms. The molecule has 0 atom stereocenters. The topological polar surface area (TPSA) is 35.5 Å². The lowest BCUT2D eigenvalue weighted by molar-refractivity contribution is 0.112. The van der Waals surface area contributed by atoms with Crippen molar-refractivity contribution in [3.63, 3.8) is 0 Å². The van der Waals surface area contributed by atoms with Crippen LogP contribution in [0.15, 0.2) is 12.1 Å². The molecule has 0 amide bonds. The van der Waals surface area contributed by atoms with Crippen LogP contribution in [0, 0.1) is 0 Å². The van der Waals surface area contributed by atoms with Gasteiger partial charge in [0.05, 0.1) is 19.8 Å². The molecule has 0 spiro atoms. The summed E-state index contributed by atoms with van der Waals surface area (Å²) in [5, 5.41) is 0. The molecule has 0 fully saturated rings. The third-order valence-corrected chi connectivity index (χ3v) is 2.15. The van der Waals surface area contributed by atoms with Crippen molar-refractivity contribution in [3.05, 3.63) is 23.3 Å². The summed E-state index contributed by atoms with van der Waals surface area (Å²) in [7, 11) is 3.16. The van der Waals surface area contributed by atoms with E-state index in [4.69, 9.17) is 9.47 Å². The number of hydrogen-bond acceptors (Lipinski definition) is 3. The Kier molecular flexibility index (Phi) is 3.51. The van der Waals surface area contributed by atoms with Crippen LogP contribution in [0.1, 0.15) is 22.8 Å². The number of rotatable bonds is 4. The van der Waals surface area contributed by atoms with Gasteiger partial charge >= 0.3 is 0 Å². The first-order valence-electron chi connectivity index (χ1n) is 4.47. The molecule has 0 aliphatic rings. The minimum absolute atomic E-state index is 0.560. The minimum atomic E-state index is 0.560. The largest absolute Gasteiger partial charge is 0.496 e. The van der Waals surface area contributed by atoms with Gasteiger partial charge in [0.15, 0.2) is 6.29 Å². The maximum Gasteiger partial charge on any atom is 0.153 e. The quantitative estimate of drug-likeness (QED) is 0.688. The summed E-state index contributed by atoms with van der Waals surface area (Å²) in [4.78, 5) is 10.7. The molecular weight excluding hydrogens is 180 g/mol. The smallest absolute Gasteiger partial charge is 0.153 e. The second kappa shape index (κ2) is 4.65. The second-order valence-electron chi connectivity index (χ2n) is 2.84. The van der Waals surface area contributed by atoms with Crippen LogP contribution >= 0.6 is 0 Å². The zero-order valence-corrected chi connectivity index (χ0v) is 8.66. The van der Waals surface area contributed by atoms with E-state index in [1.54, 1.807) is 26.4 Å². The van der Waals surface area contributed by atoms with Gasteiger partial charge in [0.1, 0.15) is 11.5 Å². The summed E-state index contributed by atoms with van der Waals surface area (Å²) >= 11 is 0. The van der Waals surface area contributed by atoms with E-state index in [1.807, 2.05) is 6.92 Å². The van der Waals surface area contributed by atoms with Gasteiger partial charge in [0.2, 0.25) is 0 Å². The summed E-state index contributed by atoms with van der Waals surface area (Å²) in [5.41, 5.74) is 1.49. The molecule has 14 heavy (non-hydrogen) atoms. The second-order valence-corrected chi connectivity index (χ2v) is 2.84. The average molecular weight is 194 g/mol. The normalized spacial score (nSPS) is 9.64. The van der Waals surface area contributed by atoms with E-state index >= 15 is 0 Å². The first kappa shape index (κ1) is 10.6. The van der Waals surface area contributed by atoms with Crippen molar-refractivity contribution in [2.45, 2.75) is 13.3 Å². The zero-order valence-electron chi connectivity index (χ0n) is 8.66. The summed E-state index contributed by atoms with van der Waals surface area (Å²) in [6.07, 6.45) is 1.56. The molecule has 0 unspecified atom stereocenters. The maximum absolute atomic E-state index is 10.7. The highest BCUT2D eigenvalue weighted by Crippen LogP contribution is 2.31. The number of benzene rings is 1. The zero-order chi connectivity index (χ0) is 10.6. The molecule has 0 heterocycles. The van der Waals surface area contributed by atoms with Crippen molar-refractivity contribution >= 4 is 6.29 Å². The van der Waals surface area contributed by atoms with E-state index in [1.165, 1.54) is 0 Å². The van der Waals surface area contributed by atoms with Crippen molar-refractivity contribution in [3.8, 4) is 11.5 Å². The van der Waals surface area contributed by atoms with Crippen molar-refractivity contribution in [2.75, 3.05) is 14.2 Å². The van der Waals surface area contributed by atoms with E-state index < -0.39 is 0 Å². The summed E-state index contributed by atoms with van der Waals surface area (Å²) in [6.45, 7) is 1.99. The van der Waals surface area contributed by atoms with Crippen LogP contribution in [-0.4, -0.2) is 20.5 Å².